The van der Waals surface area contributed by atoms with E-state index in [1.807, 2.05) is 12.1 Å². The molecule has 31 heavy (non-hydrogen) atoms. The van der Waals surface area contributed by atoms with E-state index in [4.69, 9.17) is 9.47 Å². The highest BCUT2D eigenvalue weighted by atomic mass is 32.2. The molecule has 0 bridgehead atoms. The highest BCUT2D eigenvalue weighted by Crippen LogP contribution is 2.25. The summed E-state index contributed by atoms with van der Waals surface area (Å²) >= 11 is 1.58. The Bertz CT molecular complexity index is 1040. The molecule has 1 aromatic carbocycles. The van der Waals surface area contributed by atoms with Gasteiger partial charge in [-0.2, -0.15) is 9.41 Å². The molecule has 0 unspecified atom stereocenters. The van der Waals surface area contributed by atoms with Crippen LogP contribution >= 0.6 is 11.3 Å². The van der Waals surface area contributed by atoms with Gasteiger partial charge in [-0.1, -0.05) is 6.07 Å². The van der Waals surface area contributed by atoms with E-state index < -0.39 is 15.9 Å². The first kappa shape index (κ1) is 21.9. The number of benzene rings is 1. The molecule has 0 radical (unpaired) electrons. The van der Waals surface area contributed by atoms with Crippen molar-refractivity contribution in [1.82, 2.24) is 9.73 Å². The molecule has 11 heteroatoms. The molecule has 3 heterocycles. The Labute approximate surface area is 185 Å². The maximum absolute atomic E-state index is 12.8. The number of thiophene rings is 1. The van der Waals surface area contributed by atoms with Crippen molar-refractivity contribution in [3.8, 4) is 0 Å². The molecule has 166 valence electrons. The highest BCUT2D eigenvalue weighted by Gasteiger charge is 2.26. The summed E-state index contributed by atoms with van der Waals surface area (Å²) in [4.78, 5) is 15.7. The van der Waals surface area contributed by atoms with Crippen molar-refractivity contribution in [2.75, 3.05) is 57.5 Å². The zero-order valence-corrected chi connectivity index (χ0v) is 18.5. The zero-order valence-electron chi connectivity index (χ0n) is 16.9. The van der Waals surface area contributed by atoms with Crippen LogP contribution in [0.15, 0.2) is 46.4 Å². The average Bonchev–Trinajstić information content (AvgIpc) is 3.29. The molecule has 0 atom stereocenters. The van der Waals surface area contributed by atoms with Gasteiger partial charge in [0.15, 0.2) is 0 Å². The SMILES string of the molecule is O=C(NN=Cc1ccc(N2CCOCC2)s1)c1cccc(S(=O)(=O)N2CCOCC2)c1. The monoisotopic (exact) mass is 464 g/mol. The first-order valence-electron chi connectivity index (χ1n) is 9.98. The van der Waals surface area contributed by atoms with Crippen molar-refractivity contribution in [3.05, 3.63) is 46.8 Å². The van der Waals surface area contributed by atoms with Gasteiger partial charge in [-0.15, -0.1) is 11.3 Å². The molecule has 9 nitrogen and oxygen atoms in total. The molecule has 1 amide bonds. The topological polar surface area (TPSA) is 101 Å². The number of hydrogen-bond acceptors (Lipinski definition) is 8. The second-order valence-corrected chi connectivity index (χ2v) is 10.1. The molecular weight excluding hydrogens is 440 g/mol. The maximum atomic E-state index is 12.8. The van der Waals surface area contributed by atoms with Crippen LogP contribution < -0.4 is 10.3 Å². The minimum atomic E-state index is -3.67. The molecule has 4 rings (SSSR count). The summed E-state index contributed by atoms with van der Waals surface area (Å²) in [6.45, 7) is 4.49. The second kappa shape index (κ2) is 9.88. The number of amides is 1. The van der Waals surface area contributed by atoms with E-state index in [1.54, 1.807) is 29.7 Å². The van der Waals surface area contributed by atoms with Crippen LogP contribution in [0.2, 0.25) is 0 Å². The average molecular weight is 465 g/mol. The molecule has 0 saturated carbocycles. The van der Waals surface area contributed by atoms with E-state index in [1.165, 1.54) is 16.4 Å². The minimum Gasteiger partial charge on any atom is -0.379 e. The third-order valence-corrected chi connectivity index (χ3v) is 7.97. The number of hydrogen-bond donors (Lipinski definition) is 1. The summed E-state index contributed by atoms with van der Waals surface area (Å²) in [5, 5.41) is 5.16. The normalized spacial score (nSPS) is 18.4. The van der Waals surface area contributed by atoms with Gasteiger partial charge in [-0.25, -0.2) is 13.8 Å². The fourth-order valence-electron chi connectivity index (χ4n) is 3.32. The third kappa shape index (κ3) is 5.31. The third-order valence-electron chi connectivity index (χ3n) is 5.00. The molecule has 0 aliphatic carbocycles. The van der Waals surface area contributed by atoms with Crippen molar-refractivity contribution in [1.29, 1.82) is 0 Å². The van der Waals surface area contributed by atoms with Gasteiger partial charge in [0.25, 0.3) is 5.91 Å². The number of morpholine rings is 2. The molecular formula is C20H24N4O5S2. The molecule has 2 saturated heterocycles. The van der Waals surface area contributed by atoms with Gasteiger partial charge in [0.1, 0.15) is 0 Å². The van der Waals surface area contributed by atoms with Crippen LogP contribution in [-0.2, 0) is 19.5 Å². The van der Waals surface area contributed by atoms with E-state index in [9.17, 15) is 13.2 Å². The number of nitrogens with one attached hydrogen (secondary N) is 1. The number of hydrazone groups is 1. The predicted octanol–water partition coefficient (Wildman–Crippen LogP) is 1.37. The van der Waals surface area contributed by atoms with Crippen molar-refractivity contribution in [2.24, 2.45) is 5.10 Å². The minimum absolute atomic E-state index is 0.0828. The van der Waals surface area contributed by atoms with Gasteiger partial charge >= 0.3 is 0 Å². The molecule has 2 aromatic rings. The Balaban J connectivity index is 1.39. The maximum Gasteiger partial charge on any atom is 0.271 e. The molecule has 2 aliphatic heterocycles. The van der Waals surface area contributed by atoms with Gasteiger partial charge in [-0.05, 0) is 30.3 Å². The smallest absolute Gasteiger partial charge is 0.271 e. The second-order valence-electron chi connectivity index (χ2n) is 7.02. The van der Waals surface area contributed by atoms with Crippen molar-refractivity contribution in [3.63, 3.8) is 0 Å². The summed E-state index contributed by atoms with van der Waals surface area (Å²) in [5.74, 6) is -0.472. The lowest BCUT2D eigenvalue weighted by Gasteiger charge is -2.27. The van der Waals surface area contributed by atoms with Crippen LogP contribution in [0, 0.1) is 0 Å². The molecule has 2 aliphatic rings. The standard InChI is InChI=1S/C20H24N4O5S2/c25-20(22-21-15-17-4-5-19(30-17)23-6-10-28-11-7-23)16-2-1-3-18(14-16)31(26,27)24-8-12-29-13-9-24/h1-5,14-15H,6-13H2,(H,22,25). The molecule has 0 spiro atoms. The van der Waals surface area contributed by atoms with Crippen LogP contribution in [-0.4, -0.2) is 77.5 Å². The first-order valence-corrected chi connectivity index (χ1v) is 12.2. The number of sulfonamides is 1. The summed E-state index contributed by atoms with van der Waals surface area (Å²) < 4.78 is 37.5. The Morgan fingerprint density at radius 3 is 2.48 bits per heavy atom. The van der Waals surface area contributed by atoms with Gasteiger partial charge in [0.05, 0.1) is 42.5 Å². The number of carbonyl (C=O) groups excluding carboxylic acids is 1. The number of nitrogens with zero attached hydrogens (tertiary/aromatic N) is 3. The fourth-order valence-corrected chi connectivity index (χ4v) is 5.70. The van der Waals surface area contributed by atoms with Crippen LogP contribution in [0.5, 0.6) is 0 Å². The van der Waals surface area contributed by atoms with E-state index in [0.29, 0.717) is 26.3 Å². The summed E-state index contributed by atoms with van der Waals surface area (Å²) in [6, 6.07) is 9.95. The molecule has 1 aromatic heterocycles. The van der Waals surface area contributed by atoms with Crippen LogP contribution in [0.1, 0.15) is 15.2 Å². The summed E-state index contributed by atoms with van der Waals surface area (Å²) in [7, 11) is -3.67. The van der Waals surface area contributed by atoms with Crippen molar-refractivity contribution >= 4 is 38.5 Å². The lowest BCUT2D eigenvalue weighted by molar-refractivity contribution is 0.0730. The van der Waals surface area contributed by atoms with Crippen molar-refractivity contribution < 1.29 is 22.7 Å². The highest BCUT2D eigenvalue weighted by molar-refractivity contribution is 7.89. The Hall–Kier alpha value is -2.31. The zero-order chi connectivity index (χ0) is 21.7. The van der Waals surface area contributed by atoms with Crippen LogP contribution in [0.3, 0.4) is 0 Å². The summed E-state index contributed by atoms with van der Waals surface area (Å²) in [6.07, 6.45) is 1.58. The Kier molecular flexibility index (Phi) is 6.98. The number of ether oxygens (including phenoxy) is 2. The first-order chi connectivity index (χ1) is 15.0. The quantitative estimate of drug-likeness (QED) is 0.512. The van der Waals surface area contributed by atoms with Gasteiger partial charge in [-0.3, -0.25) is 4.79 Å². The number of rotatable bonds is 6. The number of carbonyl (C=O) groups is 1. The van der Waals surface area contributed by atoms with E-state index in [2.05, 4.69) is 15.4 Å². The number of anilines is 1. The van der Waals surface area contributed by atoms with Crippen molar-refractivity contribution in [2.45, 2.75) is 4.90 Å². The largest absolute Gasteiger partial charge is 0.379 e. The fraction of sp³-hybridized carbons (Fsp3) is 0.400. The van der Waals surface area contributed by atoms with Gasteiger partial charge in [0.2, 0.25) is 10.0 Å². The molecule has 1 N–H and O–H groups in total. The Morgan fingerprint density at radius 2 is 1.74 bits per heavy atom. The van der Waals surface area contributed by atoms with Crippen LogP contribution in [0.25, 0.3) is 0 Å². The van der Waals surface area contributed by atoms with Gasteiger partial charge < -0.3 is 14.4 Å². The van der Waals surface area contributed by atoms with E-state index in [0.717, 1.165) is 36.2 Å². The van der Waals surface area contributed by atoms with Crippen LogP contribution in [0.4, 0.5) is 5.00 Å². The molecule has 2 fully saturated rings. The van der Waals surface area contributed by atoms with Gasteiger partial charge in [0, 0.05) is 36.6 Å². The lowest BCUT2D eigenvalue weighted by atomic mass is 10.2. The van der Waals surface area contributed by atoms with E-state index >= 15 is 0 Å². The lowest BCUT2D eigenvalue weighted by Crippen LogP contribution is -2.40. The predicted molar refractivity (Wildman–Crippen MR) is 118 cm³/mol. The van der Waals surface area contributed by atoms with E-state index in [-0.39, 0.29) is 10.5 Å². The summed E-state index contributed by atoms with van der Waals surface area (Å²) in [5.41, 5.74) is 2.70. The Morgan fingerprint density at radius 1 is 1.03 bits per heavy atom.